The van der Waals surface area contributed by atoms with Crippen LogP contribution < -0.4 is 14.4 Å². The molecule has 0 N–H and O–H groups in total. The Morgan fingerprint density at radius 3 is 2.31 bits per heavy atom. The summed E-state index contributed by atoms with van der Waals surface area (Å²) in [5.41, 5.74) is 1.94. The second-order valence-electron chi connectivity index (χ2n) is 7.21. The van der Waals surface area contributed by atoms with Gasteiger partial charge in [0.15, 0.2) is 11.6 Å². The van der Waals surface area contributed by atoms with Gasteiger partial charge in [0, 0.05) is 38.4 Å². The van der Waals surface area contributed by atoms with Crippen LogP contribution >= 0.6 is 0 Å². The zero-order valence-electron chi connectivity index (χ0n) is 17.2. The lowest BCUT2D eigenvalue weighted by Gasteiger charge is -2.36. The van der Waals surface area contributed by atoms with Gasteiger partial charge in [-0.05, 0) is 49.0 Å². The quantitative estimate of drug-likeness (QED) is 0.714. The number of hydrogen-bond donors (Lipinski definition) is 0. The lowest BCUT2D eigenvalue weighted by atomic mass is 10.2. The Kier molecular flexibility index (Phi) is 6.93. The largest absolute Gasteiger partial charge is 0.497 e. The minimum atomic E-state index is -0.389. The van der Waals surface area contributed by atoms with Gasteiger partial charge in [-0.25, -0.2) is 4.39 Å². The third kappa shape index (κ3) is 5.38. The van der Waals surface area contributed by atoms with Crippen molar-refractivity contribution in [2.24, 2.45) is 0 Å². The zero-order chi connectivity index (χ0) is 20.8. The monoisotopic (exact) mass is 401 g/mol. The number of anilines is 1. The predicted octanol–water partition coefficient (Wildman–Crippen LogP) is 2.62. The van der Waals surface area contributed by atoms with E-state index >= 15 is 0 Å². The van der Waals surface area contributed by atoms with Crippen molar-refractivity contribution < 1.29 is 18.7 Å². The Balaban J connectivity index is 1.48. The van der Waals surface area contributed by atoms with Gasteiger partial charge in [-0.3, -0.25) is 9.69 Å². The Hall–Kier alpha value is -2.80. The van der Waals surface area contributed by atoms with Crippen LogP contribution in [0.1, 0.15) is 5.56 Å². The zero-order valence-corrected chi connectivity index (χ0v) is 17.2. The number of ether oxygens (including phenoxy) is 2. The van der Waals surface area contributed by atoms with Gasteiger partial charge in [-0.15, -0.1) is 0 Å². The molecule has 29 heavy (non-hydrogen) atoms. The molecule has 0 unspecified atom stereocenters. The highest BCUT2D eigenvalue weighted by atomic mass is 19.1. The van der Waals surface area contributed by atoms with Crippen LogP contribution in [0.4, 0.5) is 10.1 Å². The van der Waals surface area contributed by atoms with Crippen LogP contribution in [0.2, 0.25) is 0 Å². The molecule has 7 heteroatoms. The highest BCUT2D eigenvalue weighted by Crippen LogP contribution is 2.21. The number of amides is 1. The Morgan fingerprint density at radius 2 is 1.72 bits per heavy atom. The van der Waals surface area contributed by atoms with Crippen LogP contribution in [0.3, 0.4) is 0 Å². The van der Waals surface area contributed by atoms with E-state index in [0.717, 1.165) is 30.1 Å². The molecule has 156 valence electrons. The van der Waals surface area contributed by atoms with E-state index in [9.17, 15) is 9.18 Å². The van der Waals surface area contributed by atoms with E-state index in [4.69, 9.17) is 9.47 Å². The molecule has 0 spiro atoms. The minimum absolute atomic E-state index is 0.0934. The molecule has 2 aromatic rings. The van der Waals surface area contributed by atoms with Crippen molar-refractivity contribution in [3.8, 4) is 11.5 Å². The maximum absolute atomic E-state index is 13.8. The van der Waals surface area contributed by atoms with Gasteiger partial charge in [-0.2, -0.15) is 0 Å². The molecule has 0 bridgehead atoms. The van der Waals surface area contributed by atoms with Gasteiger partial charge in [-0.1, -0.05) is 6.07 Å². The fourth-order valence-corrected chi connectivity index (χ4v) is 3.51. The molecule has 0 saturated carbocycles. The number of halogens is 1. The lowest BCUT2D eigenvalue weighted by molar-refractivity contribution is -0.132. The van der Waals surface area contributed by atoms with Gasteiger partial charge >= 0.3 is 0 Å². The number of hydrogen-bond acceptors (Lipinski definition) is 5. The average Bonchev–Trinajstić information content (AvgIpc) is 2.74. The SMILES string of the molecule is COc1ccc(N2CCN(C(=O)CN(C)Cc3ccc(OC)c(F)c3)CC2)cc1. The van der Waals surface area contributed by atoms with Crippen molar-refractivity contribution in [2.75, 3.05) is 58.9 Å². The summed E-state index contributed by atoms with van der Waals surface area (Å²) in [6.07, 6.45) is 0. The van der Waals surface area contributed by atoms with Gasteiger partial charge < -0.3 is 19.3 Å². The van der Waals surface area contributed by atoms with Crippen LogP contribution in [0.15, 0.2) is 42.5 Å². The summed E-state index contributed by atoms with van der Waals surface area (Å²) >= 11 is 0. The molecular formula is C22H28FN3O3. The highest BCUT2D eigenvalue weighted by Gasteiger charge is 2.22. The van der Waals surface area contributed by atoms with Crippen LogP contribution in [0, 0.1) is 5.82 Å². The summed E-state index contributed by atoms with van der Waals surface area (Å²) in [4.78, 5) is 18.7. The third-order valence-corrected chi connectivity index (χ3v) is 5.14. The predicted molar refractivity (Wildman–Crippen MR) is 111 cm³/mol. The molecule has 1 fully saturated rings. The molecule has 0 atom stereocenters. The first-order valence-corrected chi connectivity index (χ1v) is 9.68. The van der Waals surface area contributed by atoms with Crippen molar-refractivity contribution in [1.29, 1.82) is 0 Å². The number of methoxy groups -OCH3 is 2. The summed E-state index contributed by atoms with van der Waals surface area (Å²) < 4.78 is 24.0. The first kappa shape index (κ1) is 20.9. The van der Waals surface area contributed by atoms with E-state index in [1.165, 1.54) is 13.2 Å². The van der Waals surface area contributed by atoms with E-state index in [1.54, 1.807) is 13.2 Å². The number of piperazine rings is 1. The van der Waals surface area contributed by atoms with E-state index in [0.29, 0.717) is 26.2 Å². The molecule has 2 aromatic carbocycles. The van der Waals surface area contributed by atoms with Crippen molar-refractivity contribution in [2.45, 2.75) is 6.54 Å². The maximum atomic E-state index is 13.8. The average molecular weight is 401 g/mol. The van der Waals surface area contributed by atoms with E-state index < -0.39 is 0 Å². The summed E-state index contributed by atoms with van der Waals surface area (Å²) in [5.74, 6) is 0.764. The Morgan fingerprint density at radius 1 is 1.03 bits per heavy atom. The molecular weight excluding hydrogens is 373 g/mol. The summed E-state index contributed by atoms with van der Waals surface area (Å²) in [5, 5.41) is 0. The second-order valence-corrected chi connectivity index (χ2v) is 7.21. The number of benzene rings is 2. The number of nitrogens with zero attached hydrogens (tertiary/aromatic N) is 3. The fraction of sp³-hybridized carbons (Fsp3) is 0.409. The molecule has 1 aliphatic heterocycles. The molecule has 0 radical (unpaired) electrons. The Bertz CT molecular complexity index is 821. The summed E-state index contributed by atoms with van der Waals surface area (Å²) in [7, 11) is 4.96. The maximum Gasteiger partial charge on any atom is 0.236 e. The molecule has 0 aliphatic carbocycles. The topological polar surface area (TPSA) is 45.2 Å². The van der Waals surface area contributed by atoms with Gasteiger partial charge in [0.25, 0.3) is 0 Å². The second kappa shape index (κ2) is 9.60. The van der Waals surface area contributed by atoms with Crippen molar-refractivity contribution in [3.63, 3.8) is 0 Å². The number of rotatable bonds is 7. The fourth-order valence-electron chi connectivity index (χ4n) is 3.51. The summed E-state index contributed by atoms with van der Waals surface area (Å²) in [6, 6.07) is 12.9. The van der Waals surface area contributed by atoms with Crippen molar-refractivity contribution in [1.82, 2.24) is 9.80 Å². The molecule has 6 nitrogen and oxygen atoms in total. The van der Waals surface area contributed by atoms with E-state index in [-0.39, 0.29) is 17.5 Å². The molecule has 1 heterocycles. The number of carbonyl (C=O) groups is 1. The highest BCUT2D eigenvalue weighted by molar-refractivity contribution is 5.78. The first-order chi connectivity index (χ1) is 14.0. The van der Waals surface area contributed by atoms with Crippen LogP contribution in [-0.2, 0) is 11.3 Å². The normalized spacial score (nSPS) is 14.2. The van der Waals surface area contributed by atoms with E-state index in [2.05, 4.69) is 4.90 Å². The number of carbonyl (C=O) groups excluding carboxylic acids is 1. The summed E-state index contributed by atoms with van der Waals surface area (Å²) in [6.45, 7) is 3.78. The minimum Gasteiger partial charge on any atom is -0.497 e. The standard InChI is InChI=1S/C22H28FN3O3/c1-24(15-17-4-9-21(29-3)20(23)14-17)16-22(27)26-12-10-25(11-13-26)18-5-7-19(28-2)8-6-18/h4-9,14H,10-13,15-16H2,1-3H3. The van der Waals surface area contributed by atoms with Gasteiger partial charge in [0.05, 0.1) is 20.8 Å². The van der Waals surface area contributed by atoms with Crippen LogP contribution in [0.5, 0.6) is 11.5 Å². The lowest BCUT2D eigenvalue weighted by Crippen LogP contribution is -2.51. The van der Waals surface area contributed by atoms with Gasteiger partial charge in [0.2, 0.25) is 5.91 Å². The van der Waals surface area contributed by atoms with Crippen molar-refractivity contribution >= 4 is 11.6 Å². The molecule has 1 amide bonds. The van der Waals surface area contributed by atoms with E-state index in [1.807, 2.05) is 47.2 Å². The van der Waals surface area contributed by atoms with Crippen molar-refractivity contribution in [3.05, 3.63) is 53.8 Å². The molecule has 3 rings (SSSR count). The molecule has 1 aliphatic rings. The van der Waals surface area contributed by atoms with Crippen LogP contribution in [0.25, 0.3) is 0 Å². The first-order valence-electron chi connectivity index (χ1n) is 9.68. The molecule has 1 saturated heterocycles. The smallest absolute Gasteiger partial charge is 0.236 e. The molecule has 0 aromatic heterocycles. The van der Waals surface area contributed by atoms with Crippen LogP contribution in [-0.4, -0.2) is 69.7 Å². The van der Waals surface area contributed by atoms with Gasteiger partial charge in [0.1, 0.15) is 5.75 Å². The number of likely N-dealkylation sites (N-methyl/N-ethyl adjacent to an activating group) is 1. The third-order valence-electron chi connectivity index (χ3n) is 5.14. The Labute approximate surface area is 171 Å².